The minimum absolute atomic E-state index is 0.0370. The summed E-state index contributed by atoms with van der Waals surface area (Å²) in [7, 11) is 0. The summed E-state index contributed by atoms with van der Waals surface area (Å²) in [6.45, 7) is 14.0. The number of carbonyl (C=O) groups is 1. The molecule has 7 nitrogen and oxygen atoms in total. The quantitative estimate of drug-likeness (QED) is 0.641. The molecule has 1 amide bonds. The number of carbonyl (C=O) groups excluding carboxylic acids is 1. The molecule has 188 valence electrons. The van der Waals surface area contributed by atoms with Gasteiger partial charge in [0.1, 0.15) is 0 Å². The van der Waals surface area contributed by atoms with Crippen LogP contribution in [0.25, 0.3) is 0 Å². The molecule has 3 saturated heterocycles. The smallest absolute Gasteiger partial charge is 0.344 e. The van der Waals surface area contributed by atoms with Crippen molar-refractivity contribution in [1.82, 2.24) is 19.6 Å². The summed E-state index contributed by atoms with van der Waals surface area (Å²) in [6, 6.07) is 8.81. The molecule has 3 aliphatic rings. The van der Waals surface area contributed by atoms with Crippen LogP contribution in [0.15, 0.2) is 42.7 Å². The standard InChI is InChI=1S/C28H40N6O/c1-22(2)29-26-10-17-34(30-26)27(35)32-18-12-28(13-19-32)11-7-16-33(28)21-24-9-8-23(3)20-25(24)31-14-5-4-6-15-31/h8-10,17,20H,1,4-7,11-16,18-19,21H2,2-3H3,(H,29,30). The number of benzene rings is 1. The van der Waals surface area contributed by atoms with E-state index in [0.717, 1.165) is 44.7 Å². The fourth-order valence-electron chi connectivity index (χ4n) is 6.22. The molecule has 3 fully saturated rings. The van der Waals surface area contributed by atoms with Crippen molar-refractivity contribution in [3.05, 3.63) is 53.9 Å². The van der Waals surface area contributed by atoms with Crippen LogP contribution in [0.4, 0.5) is 16.3 Å². The first-order valence-corrected chi connectivity index (χ1v) is 13.3. The molecule has 1 aromatic heterocycles. The van der Waals surface area contributed by atoms with Gasteiger partial charge in [0.05, 0.1) is 0 Å². The van der Waals surface area contributed by atoms with E-state index >= 15 is 0 Å². The molecular weight excluding hydrogens is 436 g/mol. The van der Waals surface area contributed by atoms with Gasteiger partial charge in [-0.2, -0.15) is 4.68 Å². The molecule has 1 N–H and O–H groups in total. The third-order valence-electron chi connectivity index (χ3n) is 8.13. The zero-order valence-electron chi connectivity index (χ0n) is 21.4. The zero-order chi connectivity index (χ0) is 24.4. The number of anilines is 2. The second kappa shape index (κ2) is 10.1. The lowest BCUT2D eigenvalue weighted by molar-refractivity contribution is 0.0585. The molecule has 0 unspecified atom stereocenters. The maximum Gasteiger partial charge on any atom is 0.344 e. The SMILES string of the molecule is C=C(C)Nc1ccn(C(=O)N2CCC3(CCCN3Cc3ccc(C)cc3N3CCCCC3)CC2)n1. The number of likely N-dealkylation sites (tertiary alicyclic amines) is 2. The lowest BCUT2D eigenvalue weighted by Gasteiger charge is -2.45. The Morgan fingerprint density at radius 1 is 1.03 bits per heavy atom. The highest BCUT2D eigenvalue weighted by Gasteiger charge is 2.44. The highest BCUT2D eigenvalue weighted by atomic mass is 16.2. The number of rotatable bonds is 5. The summed E-state index contributed by atoms with van der Waals surface area (Å²) in [4.78, 5) is 20.4. The number of hydrogen-bond donors (Lipinski definition) is 1. The number of amides is 1. The summed E-state index contributed by atoms with van der Waals surface area (Å²) in [5.41, 5.74) is 5.26. The molecule has 0 atom stereocenters. The Bertz CT molecular complexity index is 1060. The predicted octanol–water partition coefficient (Wildman–Crippen LogP) is 5.23. The van der Waals surface area contributed by atoms with Crippen LogP contribution in [0.1, 0.15) is 63.0 Å². The number of aryl methyl sites for hydroxylation is 1. The van der Waals surface area contributed by atoms with Crippen molar-refractivity contribution >= 4 is 17.5 Å². The highest BCUT2D eigenvalue weighted by Crippen LogP contribution is 2.40. The van der Waals surface area contributed by atoms with Crippen molar-refractivity contribution in [3.8, 4) is 0 Å². The minimum Gasteiger partial charge on any atom is -0.371 e. The number of aromatic nitrogens is 2. The third-order valence-corrected chi connectivity index (χ3v) is 8.13. The van der Waals surface area contributed by atoms with E-state index in [0.29, 0.717) is 5.82 Å². The first-order valence-electron chi connectivity index (χ1n) is 13.3. The van der Waals surface area contributed by atoms with Gasteiger partial charge in [0.25, 0.3) is 0 Å². The Kier molecular flexibility index (Phi) is 6.87. The van der Waals surface area contributed by atoms with E-state index in [-0.39, 0.29) is 11.6 Å². The van der Waals surface area contributed by atoms with E-state index < -0.39 is 0 Å². The molecular formula is C28H40N6O. The van der Waals surface area contributed by atoms with E-state index in [9.17, 15) is 4.79 Å². The van der Waals surface area contributed by atoms with Gasteiger partial charge in [0, 0.05) is 61.9 Å². The van der Waals surface area contributed by atoms with E-state index in [4.69, 9.17) is 0 Å². The zero-order valence-corrected chi connectivity index (χ0v) is 21.4. The van der Waals surface area contributed by atoms with Crippen molar-refractivity contribution in [1.29, 1.82) is 0 Å². The molecule has 0 radical (unpaired) electrons. The molecule has 4 heterocycles. The summed E-state index contributed by atoms with van der Waals surface area (Å²) < 4.78 is 1.45. The van der Waals surface area contributed by atoms with Gasteiger partial charge >= 0.3 is 6.03 Å². The predicted molar refractivity (Wildman–Crippen MR) is 142 cm³/mol. The second-order valence-electron chi connectivity index (χ2n) is 10.7. The number of nitrogens with one attached hydrogen (secondary N) is 1. The summed E-state index contributed by atoms with van der Waals surface area (Å²) >= 11 is 0. The van der Waals surface area contributed by atoms with Crippen molar-refractivity contribution in [2.24, 2.45) is 0 Å². The molecule has 35 heavy (non-hydrogen) atoms. The van der Waals surface area contributed by atoms with E-state index in [1.807, 2.05) is 17.9 Å². The van der Waals surface area contributed by atoms with E-state index in [1.54, 1.807) is 6.20 Å². The largest absolute Gasteiger partial charge is 0.371 e. The molecule has 0 saturated carbocycles. The van der Waals surface area contributed by atoms with Crippen LogP contribution in [-0.2, 0) is 6.54 Å². The Balaban J connectivity index is 1.26. The van der Waals surface area contributed by atoms with Crippen LogP contribution in [-0.4, -0.2) is 63.9 Å². The number of allylic oxidation sites excluding steroid dienone is 1. The van der Waals surface area contributed by atoms with Gasteiger partial charge < -0.3 is 15.1 Å². The molecule has 0 bridgehead atoms. The molecule has 0 aliphatic carbocycles. The van der Waals surface area contributed by atoms with Crippen LogP contribution < -0.4 is 10.2 Å². The molecule has 2 aromatic rings. The third kappa shape index (κ3) is 5.10. The summed E-state index contributed by atoms with van der Waals surface area (Å²) in [5, 5.41) is 7.46. The van der Waals surface area contributed by atoms with Crippen LogP contribution in [0, 0.1) is 6.92 Å². The fourth-order valence-corrected chi connectivity index (χ4v) is 6.22. The van der Waals surface area contributed by atoms with Gasteiger partial charge in [0.15, 0.2) is 5.82 Å². The number of piperidine rings is 2. The van der Waals surface area contributed by atoms with Gasteiger partial charge in [0.2, 0.25) is 0 Å². The maximum atomic E-state index is 13.1. The van der Waals surface area contributed by atoms with Crippen LogP contribution in [0.3, 0.4) is 0 Å². The second-order valence-corrected chi connectivity index (χ2v) is 10.7. The highest BCUT2D eigenvalue weighted by molar-refractivity contribution is 5.76. The summed E-state index contributed by atoms with van der Waals surface area (Å²) in [5.74, 6) is 0.656. The van der Waals surface area contributed by atoms with Crippen LogP contribution >= 0.6 is 0 Å². The normalized spacial score (nSPS) is 20.4. The average Bonchev–Trinajstić information content (AvgIpc) is 3.47. The monoisotopic (exact) mass is 476 g/mol. The summed E-state index contributed by atoms with van der Waals surface area (Å²) in [6.07, 6.45) is 10.2. The van der Waals surface area contributed by atoms with E-state index in [2.05, 4.69) is 51.9 Å². The first-order chi connectivity index (χ1) is 16.9. The van der Waals surface area contributed by atoms with Crippen LogP contribution in [0.5, 0.6) is 0 Å². The van der Waals surface area contributed by atoms with Crippen molar-refractivity contribution < 1.29 is 4.79 Å². The van der Waals surface area contributed by atoms with Gasteiger partial charge in [-0.25, -0.2) is 4.79 Å². The molecule has 5 rings (SSSR count). The molecule has 7 heteroatoms. The van der Waals surface area contributed by atoms with Crippen molar-refractivity contribution in [2.75, 3.05) is 42.9 Å². The van der Waals surface area contributed by atoms with Gasteiger partial charge in [-0.3, -0.25) is 4.90 Å². The van der Waals surface area contributed by atoms with Gasteiger partial charge in [-0.05, 0) is 82.5 Å². The molecule has 1 aromatic carbocycles. The molecule has 1 spiro atoms. The number of hydrogen-bond acceptors (Lipinski definition) is 5. The Hall–Kier alpha value is -2.80. The maximum absolute atomic E-state index is 13.1. The van der Waals surface area contributed by atoms with Crippen molar-refractivity contribution in [2.45, 2.75) is 70.9 Å². The van der Waals surface area contributed by atoms with Crippen LogP contribution in [0.2, 0.25) is 0 Å². The van der Waals surface area contributed by atoms with Gasteiger partial charge in [-0.15, -0.1) is 5.10 Å². The topological polar surface area (TPSA) is 56.6 Å². The Labute approximate surface area is 209 Å². The lowest BCUT2D eigenvalue weighted by Crippen LogP contribution is -2.53. The Morgan fingerprint density at radius 3 is 2.54 bits per heavy atom. The Morgan fingerprint density at radius 2 is 1.80 bits per heavy atom. The van der Waals surface area contributed by atoms with Crippen molar-refractivity contribution in [3.63, 3.8) is 0 Å². The average molecular weight is 477 g/mol. The fraction of sp³-hybridized carbons (Fsp3) is 0.571. The van der Waals surface area contributed by atoms with Gasteiger partial charge in [-0.1, -0.05) is 18.7 Å². The number of nitrogens with zero attached hydrogens (tertiary/aromatic N) is 5. The minimum atomic E-state index is -0.0370. The first kappa shape index (κ1) is 23.9. The lowest BCUT2D eigenvalue weighted by atomic mass is 9.84. The molecule has 3 aliphatic heterocycles. The van der Waals surface area contributed by atoms with E-state index in [1.165, 1.54) is 66.7 Å².